The van der Waals surface area contributed by atoms with Crippen molar-refractivity contribution >= 4 is 15.9 Å². The predicted molar refractivity (Wildman–Crippen MR) is 103 cm³/mol. The zero-order valence-corrected chi connectivity index (χ0v) is 16.6. The monoisotopic (exact) mass is 382 g/mol. The number of nitrogens with zero attached hydrogens (tertiary/aromatic N) is 1. The summed E-state index contributed by atoms with van der Waals surface area (Å²) in [5.74, 6) is 0.976. The lowest BCUT2D eigenvalue weighted by Gasteiger charge is -2.30. The summed E-state index contributed by atoms with van der Waals surface area (Å²) in [4.78, 5) is 12.3. The molecule has 1 aliphatic heterocycles. The summed E-state index contributed by atoms with van der Waals surface area (Å²) in [6.07, 6.45) is 2.89. The molecule has 0 saturated carbocycles. The number of carbonyl (C=O) groups is 1. The summed E-state index contributed by atoms with van der Waals surface area (Å²) in [7, 11) is -3.14. The largest absolute Gasteiger partial charge is 0.494 e. The topological polar surface area (TPSA) is 75.7 Å². The lowest BCUT2D eigenvalue weighted by Crippen LogP contribution is -2.43. The van der Waals surface area contributed by atoms with Gasteiger partial charge in [0.25, 0.3) is 0 Å². The molecule has 1 heterocycles. The van der Waals surface area contributed by atoms with Gasteiger partial charge in [-0.25, -0.2) is 12.7 Å². The quantitative estimate of drug-likeness (QED) is 0.665. The van der Waals surface area contributed by atoms with Gasteiger partial charge in [0.1, 0.15) is 5.75 Å². The maximum atomic E-state index is 12.3. The zero-order valence-electron chi connectivity index (χ0n) is 15.7. The van der Waals surface area contributed by atoms with Gasteiger partial charge < -0.3 is 10.1 Å². The predicted octanol–water partition coefficient (Wildman–Crippen LogP) is 2.20. The van der Waals surface area contributed by atoms with Gasteiger partial charge in [0, 0.05) is 25.6 Å². The molecule has 1 aromatic rings. The van der Waals surface area contributed by atoms with E-state index in [1.54, 1.807) is 6.92 Å². The summed E-state index contributed by atoms with van der Waals surface area (Å²) in [6, 6.07) is 7.97. The number of amides is 1. The van der Waals surface area contributed by atoms with E-state index in [1.165, 1.54) is 4.31 Å². The fourth-order valence-corrected chi connectivity index (χ4v) is 4.35. The number of piperidine rings is 1. The van der Waals surface area contributed by atoms with Crippen molar-refractivity contribution < 1.29 is 17.9 Å². The summed E-state index contributed by atoms with van der Waals surface area (Å²) < 4.78 is 30.8. The molecule has 0 bridgehead atoms. The van der Waals surface area contributed by atoms with Crippen molar-refractivity contribution in [3.63, 3.8) is 0 Å². The molecular formula is C19H30N2O4S. The second-order valence-corrected chi connectivity index (χ2v) is 8.77. The fourth-order valence-electron chi connectivity index (χ4n) is 3.22. The second kappa shape index (κ2) is 9.92. The number of sulfonamides is 1. The van der Waals surface area contributed by atoms with Crippen molar-refractivity contribution in [1.29, 1.82) is 0 Å². The van der Waals surface area contributed by atoms with E-state index in [0.29, 0.717) is 39.1 Å². The van der Waals surface area contributed by atoms with Crippen LogP contribution in [0.5, 0.6) is 5.75 Å². The van der Waals surface area contributed by atoms with Crippen molar-refractivity contribution in [2.24, 2.45) is 5.92 Å². The van der Waals surface area contributed by atoms with E-state index in [4.69, 9.17) is 4.74 Å². The van der Waals surface area contributed by atoms with Crippen LogP contribution in [-0.2, 0) is 21.2 Å². The summed E-state index contributed by atoms with van der Waals surface area (Å²) >= 11 is 0. The zero-order chi connectivity index (χ0) is 19.0. The highest BCUT2D eigenvalue weighted by molar-refractivity contribution is 7.89. The number of para-hydroxylation sites is 1. The molecule has 2 rings (SSSR count). The highest BCUT2D eigenvalue weighted by Gasteiger charge is 2.29. The van der Waals surface area contributed by atoms with Crippen molar-refractivity contribution in [1.82, 2.24) is 9.62 Å². The number of rotatable bonds is 9. The molecule has 0 spiro atoms. The van der Waals surface area contributed by atoms with Crippen molar-refractivity contribution in [2.45, 2.75) is 39.5 Å². The van der Waals surface area contributed by atoms with Gasteiger partial charge in [0.2, 0.25) is 15.9 Å². The minimum absolute atomic E-state index is 0.0386. The van der Waals surface area contributed by atoms with Gasteiger partial charge in [0.05, 0.1) is 12.4 Å². The summed E-state index contributed by atoms with van der Waals surface area (Å²) in [6.45, 7) is 5.75. The van der Waals surface area contributed by atoms with E-state index >= 15 is 0 Å². The molecule has 0 unspecified atom stereocenters. The van der Waals surface area contributed by atoms with Gasteiger partial charge in [-0.2, -0.15) is 0 Å². The molecule has 0 radical (unpaired) electrons. The van der Waals surface area contributed by atoms with Crippen LogP contribution >= 0.6 is 0 Å². The minimum Gasteiger partial charge on any atom is -0.494 e. The van der Waals surface area contributed by atoms with Crippen molar-refractivity contribution in [3.05, 3.63) is 29.8 Å². The molecule has 7 heteroatoms. The number of hydrogen-bond acceptors (Lipinski definition) is 4. The Bertz CT molecular complexity index is 683. The molecule has 146 valence electrons. The van der Waals surface area contributed by atoms with Gasteiger partial charge in [-0.1, -0.05) is 18.2 Å². The molecule has 26 heavy (non-hydrogen) atoms. The Labute approximate surface area is 157 Å². The van der Waals surface area contributed by atoms with Crippen LogP contribution in [0.3, 0.4) is 0 Å². The summed E-state index contributed by atoms with van der Waals surface area (Å²) in [5, 5.41) is 2.99. The Morgan fingerprint density at radius 1 is 1.23 bits per heavy atom. The van der Waals surface area contributed by atoms with E-state index in [9.17, 15) is 13.2 Å². The SMILES string of the molecule is CCOc1ccccc1CCCNC(=O)C1CCN(S(=O)(=O)CC)CC1. The van der Waals surface area contributed by atoms with Gasteiger partial charge in [-0.3, -0.25) is 4.79 Å². The smallest absolute Gasteiger partial charge is 0.223 e. The Kier molecular flexibility index (Phi) is 7.90. The lowest BCUT2D eigenvalue weighted by atomic mass is 9.97. The molecule has 1 fully saturated rings. The van der Waals surface area contributed by atoms with Crippen molar-refractivity contribution in [3.8, 4) is 5.75 Å². The molecular weight excluding hydrogens is 352 g/mol. The minimum atomic E-state index is -3.14. The summed E-state index contributed by atoms with van der Waals surface area (Å²) in [5.41, 5.74) is 1.15. The van der Waals surface area contributed by atoms with Crippen LogP contribution in [0.15, 0.2) is 24.3 Å². The first-order chi connectivity index (χ1) is 12.5. The van der Waals surface area contributed by atoms with Gasteiger partial charge in [-0.05, 0) is 51.2 Å². The average molecular weight is 383 g/mol. The third kappa shape index (κ3) is 5.71. The van der Waals surface area contributed by atoms with Crippen LogP contribution in [0.1, 0.15) is 38.7 Å². The molecule has 1 N–H and O–H groups in total. The molecule has 1 aliphatic rings. The Hall–Kier alpha value is -1.60. The third-order valence-electron chi connectivity index (χ3n) is 4.78. The molecule has 0 aromatic heterocycles. The van der Waals surface area contributed by atoms with E-state index in [0.717, 1.165) is 24.2 Å². The molecule has 6 nitrogen and oxygen atoms in total. The third-order valence-corrected chi connectivity index (χ3v) is 6.66. The highest BCUT2D eigenvalue weighted by Crippen LogP contribution is 2.21. The van der Waals surface area contributed by atoms with Gasteiger partial charge in [0.15, 0.2) is 0 Å². The molecule has 1 amide bonds. The normalized spacial score (nSPS) is 16.4. The number of carbonyl (C=O) groups excluding carboxylic acids is 1. The van der Waals surface area contributed by atoms with Crippen LogP contribution in [0.4, 0.5) is 0 Å². The van der Waals surface area contributed by atoms with E-state index in [-0.39, 0.29) is 17.6 Å². The maximum absolute atomic E-state index is 12.3. The Morgan fingerprint density at radius 3 is 2.58 bits per heavy atom. The van der Waals surface area contributed by atoms with E-state index < -0.39 is 10.0 Å². The number of ether oxygens (including phenoxy) is 1. The first kappa shape index (κ1) is 20.7. The van der Waals surface area contributed by atoms with Crippen molar-refractivity contribution in [2.75, 3.05) is 32.0 Å². The van der Waals surface area contributed by atoms with Crippen LogP contribution in [0, 0.1) is 5.92 Å². The first-order valence-corrected chi connectivity index (χ1v) is 11.0. The Balaban J connectivity index is 1.72. The number of aryl methyl sites for hydroxylation is 1. The number of benzene rings is 1. The fraction of sp³-hybridized carbons (Fsp3) is 0.632. The molecule has 0 atom stereocenters. The molecule has 1 aromatic carbocycles. The van der Waals surface area contributed by atoms with Crippen LogP contribution < -0.4 is 10.1 Å². The highest BCUT2D eigenvalue weighted by atomic mass is 32.2. The van der Waals surface area contributed by atoms with Gasteiger partial charge in [-0.15, -0.1) is 0 Å². The first-order valence-electron chi connectivity index (χ1n) is 9.44. The maximum Gasteiger partial charge on any atom is 0.223 e. The van der Waals surface area contributed by atoms with Crippen LogP contribution in [-0.4, -0.2) is 50.6 Å². The molecule has 0 aliphatic carbocycles. The second-order valence-electron chi connectivity index (χ2n) is 6.51. The Morgan fingerprint density at radius 2 is 1.92 bits per heavy atom. The lowest BCUT2D eigenvalue weighted by molar-refractivity contribution is -0.126. The molecule has 1 saturated heterocycles. The number of nitrogens with one attached hydrogen (secondary N) is 1. The number of hydrogen-bond donors (Lipinski definition) is 1. The van der Waals surface area contributed by atoms with E-state index in [2.05, 4.69) is 11.4 Å². The van der Waals surface area contributed by atoms with Gasteiger partial charge >= 0.3 is 0 Å². The van der Waals surface area contributed by atoms with Crippen LogP contribution in [0.2, 0.25) is 0 Å². The standard InChI is InChI=1S/C19H30N2O4S/c1-3-25-18-10-6-5-8-16(18)9-7-13-20-19(22)17-11-14-21(15-12-17)26(23,24)4-2/h5-6,8,10,17H,3-4,7,9,11-15H2,1-2H3,(H,20,22). The average Bonchev–Trinajstić information content (AvgIpc) is 2.66. The van der Waals surface area contributed by atoms with Crippen LogP contribution in [0.25, 0.3) is 0 Å². The van der Waals surface area contributed by atoms with E-state index in [1.807, 2.05) is 25.1 Å².